The molecule has 0 saturated carbocycles. The van der Waals surface area contributed by atoms with Crippen molar-refractivity contribution in [3.8, 4) is 11.5 Å². The van der Waals surface area contributed by atoms with Gasteiger partial charge < -0.3 is 19.3 Å². The van der Waals surface area contributed by atoms with E-state index in [-0.39, 0.29) is 11.9 Å². The molecule has 0 aliphatic carbocycles. The maximum Gasteiger partial charge on any atom is 0.162 e. The van der Waals surface area contributed by atoms with Gasteiger partial charge in [-0.15, -0.1) is 0 Å². The number of aromatic hydroxyl groups is 1. The van der Waals surface area contributed by atoms with Crippen molar-refractivity contribution in [2.45, 2.75) is 19.1 Å². The summed E-state index contributed by atoms with van der Waals surface area (Å²) >= 11 is 0. The maximum absolute atomic E-state index is 10.1. The SMILES string of the molecule is COCC[C@@H]1CN(Cc2cccc(OC)c2O)CCO1. The molecule has 1 aromatic rings. The van der Waals surface area contributed by atoms with Crippen molar-refractivity contribution in [3.63, 3.8) is 0 Å². The molecule has 1 saturated heterocycles. The minimum atomic E-state index is 0.205. The third-order valence-electron chi connectivity index (χ3n) is 3.56. The second kappa shape index (κ2) is 7.47. The number of ether oxygens (including phenoxy) is 3. The van der Waals surface area contributed by atoms with Crippen molar-refractivity contribution in [3.05, 3.63) is 23.8 Å². The molecule has 0 aromatic heterocycles. The van der Waals surface area contributed by atoms with Crippen molar-refractivity contribution < 1.29 is 19.3 Å². The van der Waals surface area contributed by atoms with Crippen LogP contribution in [0.4, 0.5) is 0 Å². The minimum absolute atomic E-state index is 0.205. The van der Waals surface area contributed by atoms with E-state index in [1.807, 2.05) is 12.1 Å². The van der Waals surface area contributed by atoms with Crippen LogP contribution < -0.4 is 4.74 Å². The summed E-state index contributed by atoms with van der Waals surface area (Å²) < 4.78 is 15.9. The molecule has 0 spiro atoms. The molecular formula is C15H23NO4. The van der Waals surface area contributed by atoms with E-state index in [9.17, 15) is 5.11 Å². The van der Waals surface area contributed by atoms with Gasteiger partial charge in [0.15, 0.2) is 11.5 Å². The Bertz CT molecular complexity index is 424. The number of hydrogen-bond acceptors (Lipinski definition) is 5. The quantitative estimate of drug-likeness (QED) is 0.859. The highest BCUT2D eigenvalue weighted by Crippen LogP contribution is 2.30. The number of hydrogen-bond donors (Lipinski definition) is 1. The monoisotopic (exact) mass is 281 g/mol. The van der Waals surface area contributed by atoms with Gasteiger partial charge in [0.05, 0.1) is 19.8 Å². The molecule has 2 rings (SSSR count). The number of para-hydroxylation sites is 1. The molecule has 1 aliphatic rings. The first-order valence-corrected chi connectivity index (χ1v) is 6.92. The van der Waals surface area contributed by atoms with Crippen LogP contribution in [0.15, 0.2) is 18.2 Å². The summed E-state index contributed by atoms with van der Waals surface area (Å²) in [5, 5.41) is 10.1. The zero-order valence-electron chi connectivity index (χ0n) is 12.2. The van der Waals surface area contributed by atoms with Crippen LogP contribution in [0.1, 0.15) is 12.0 Å². The van der Waals surface area contributed by atoms with E-state index in [0.29, 0.717) is 18.9 Å². The van der Waals surface area contributed by atoms with E-state index < -0.39 is 0 Å². The number of rotatable bonds is 6. The summed E-state index contributed by atoms with van der Waals surface area (Å²) in [6, 6.07) is 5.59. The van der Waals surface area contributed by atoms with E-state index in [1.165, 1.54) is 0 Å². The average Bonchev–Trinajstić information content (AvgIpc) is 2.48. The van der Waals surface area contributed by atoms with Gasteiger partial charge in [0.25, 0.3) is 0 Å². The standard InChI is InChI=1S/C15H23NO4/c1-18-8-6-13-11-16(7-9-20-13)10-12-4-3-5-14(19-2)15(12)17/h3-5,13,17H,6-11H2,1-2H3/t13-/m1/s1. The Labute approximate surface area is 120 Å². The van der Waals surface area contributed by atoms with Crippen molar-refractivity contribution in [2.75, 3.05) is 40.5 Å². The number of methoxy groups -OCH3 is 2. The summed E-state index contributed by atoms with van der Waals surface area (Å²) in [7, 11) is 3.27. The fraction of sp³-hybridized carbons (Fsp3) is 0.600. The molecule has 20 heavy (non-hydrogen) atoms. The summed E-state index contributed by atoms with van der Waals surface area (Å²) in [6.07, 6.45) is 1.10. The second-order valence-corrected chi connectivity index (χ2v) is 4.98. The second-order valence-electron chi connectivity index (χ2n) is 4.98. The van der Waals surface area contributed by atoms with E-state index in [4.69, 9.17) is 14.2 Å². The van der Waals surface area contributed by atoms with Gasteiger partial charge in [-0.25, -0.2) is 0 Å². The molecule has 112 valence electrons. The Morgan fingerprint density at radius 1 is 1.40 bits per heavy atom. The number of phenolic OH excluding ortho intramolecular Hbond substituents is 1. The predicted octanol–water partition coefficient (Wildman–Crippen LogP) is 1.64. The molecular weight excluding hydrogens is 258 g/mol. The fourth-order valence-electron chi connectivity index (χ4n) is 2.45. The summed E-state index contributed by atoms with van der Waals surface area (Å²) in [4.78, 5) is 2.29. The van der Waals surface area contributed by atoms with E-state index in [2.05, 4.69) is 4.90 Å². The zero-order valence-corrected chi connectivity index (χ0v) is 12.2. The van der Waals surface area contributed by atoms with Crippen molar-refractivity contribution in [2.24, 2.45) is 0 Å². The van der Waals surface area contributed by atoms with Gasteiger partial charge >= 0.3 is 0 Å². The Kier molecular flexibility index (Phi) is 5.64. The summed E-state index contributed by atoms with van der Waals surface area (Å²) in [5.41, 5.74) is 0.886. The number of morpholine rings is 1. The van der Waals surface area contributed by atoms with E-state index in [1.54, 1.807) is 20.3 Å². The topological polar surface area (TPSA) is 51.2 Å². The highest BCUT2D eigenvalue weighted by atomic mass is 16.5. The Morgan fingerprint density at radius 3 is 3.00 bits per heavy atom. The van der Waals surface area contributed by atoms with Crippen LogP contribution in [0.2, 0.25) is 0 Å². The molecule has 0 bridgehead atoms. The lowest BCUT2D eigenvalue weighted by atomic mass is 10.1. The summed E-state index contributed by atoms with van der Waals surface area (Å²) in [5.74, 6) is 0.752. The Morgan fingerprint density at radius 2 is 2.25 bits per heavy atom. The average molecular weight is 281 g/mol. The van der Waals surface area contributed by atoms with Crippen LogP contribution in [0.25, 0.3) is 0 Å². The third-order valence-corrected chi connectivity index (χ3v) is 3.56. The number of phenols is 1. The predicted molar refractivity (Wildman–Crippen MR) is 76.2 cm³/mol. The molecule has 5 nitrogen and oxygen atoms in total. The highest BCUT2D eigenvalue weighted by Gasteiger charge is 2.21. The fourth-order valence-corrected chi connectivity index (χ4v) is 2.45. The summed E-state index contributed by atoms with van der Waals surface area (Å²) in [6.45, 7) is 3.87. The molecule has 0 radical (unpaired) electrons. The smallest absolute Gasteiger partial charge is 0.162 e. The van der Waals surface area contributed by atoms with Crippen molar-refractivity contribution in [1.82, 2.24) is 4.90 Å². The molecule has 1 heterocycles. The van der Waals surface area contributed by atoms with Gasteiger partial charge in [-0.05, 0) is 12.5 Å². The molecule has 0 amide bonds. The normalized spacial score (nSPS) is 20.0. The lowest BCUT2D eigenvalue weighted by Crippen LogP contribution is -2.42. The number of nitrogens with zero attached hydrogens (tertiary/aromatic N) is 1. The first kappa shape index (κ1) is 15.1. The van der Waals surface area contributed by atoms with Crippen LogP contribution in [0, 0.1) is 0 Å². The molecule has 5 heteroatoms. The molecule has 1 N–H and O–H groups in total. The first-order valence-electron chi connectivity index (χ1n) is 6.92. The largest absolute Gasteiger partial charge is 0.504 e. The Hall–Kier alpha value is -1.30. The van der Waals surface area contributed by atoms with Gasteiger partial charge in [0.2, 0.25) is 0 Å². The lowest BCUT2D eigenvalue weighted by Gasteiger charge is -2.33. The first-order chi connectivity index (χ1) is 9.74. The van der Waals surface area contributed by atoms with Crippen LogP contribution in [0.3, 0.4) is 0 Å². The zero-order chi connectivity index (χ0) is 14.4. The highest BCUT2D eigenvalue weighted by molar-refractivity contribution is 5.45. The molecule has 0 unspecified atom stereocenters. The van der Waals surface area contributed by atoms with Gasteiger partial charge in [-0.3, -0.25) is 4.90 Å². The van der Waals surface area contributed by atoms with E-state index in [0.717, 1.165) is 31.7 Å². The Balaban J connectivity index is 1.95. The van der Waals surface area contributed by atoms with Gasteiger partial charge in [0.1, 0.15) is 0 Å². The van der Waals surface area contributed by atoms with Crippen LogP contribution in [-0.4, -0.2) is 56.6 Å². The third kappa shape index (κ3) is 3.85. The molecule has 1 atom stereocenters. The van der Waals surface area contributed by atoms with Crippen LogP contribution >= 0.6 is 0 Å². The van der Waals surface area contributed by atoms with Crippen molar-refractivity contribution >= 4 is 0 Å². The van der Waals surface area contributed by atoms with Crippen LogP contribution in [-0.2, 0) is 16.0 Å². The molecule has 1 fully saturated rings. The lowest BCUT2D eigenvalue weighted by molar-refractivity contribution is -0.0434. The van der Waals surface area contributed by atoms with E-state index >= 15 is 0 Å². The van der Waals surface area contributed by atoms with Gasteiger partial charge in [-0.2, -0.15) is 0 Å². The maximum atomic E-state index is 10.1. The minimum Gasteiger partial charge on any atom is -0.504 e. The number of benzene rings is 1. The van der Waals surface area contributed by atoms with Crippen molar-refractivity contribution in [1.29, 1.82) is 0 Å². The van der Waals surface area contributed by atoms with Gasteiger partial charge in [0, 0.05) is 38.9 Å². The van der Waals surface area contributed by atoms with Gasteiger partial charge in [-0.1, -0.05) is 12.1 Å². The van der Waals surface area contributed by atoms with Crippen LogP contribution in [0.5, 0.6) is 11.5 Å². The molecule has 1 aliphatic heterocycles. The molecule has 1 aromatic carbocycles.